The number of aliphatic hydroxyl groups is 2. The summed E-state index contributed by atoms with van der Waals surface area (Å²) in [7, 11) is 0. The number of rotatable bonds is 62. The summed E-state index contributed by atoms with van der Waals surface area (Å²) in [6.45, 7) is 4.34. The van der Waals surface area contributed by atoms with Gasteiger partial charge >= 0.3 is 0 Å². The van der Waals surface area contributed by atoms with E-state index in [1.807, 2.05) is 6.08 Å². The quantitative estimate of drug-likeness (QED) is 0.0420. The lowest BCUT2D eigenvalue weighted by Gasteiger charge is -2.19. The Bertz CT molecular complexity index is 1040. The van der Waals surface area contributed by atoms with Gasteiger partial charge in [-0.2, -0.15) is 0 Å². The molecule has 0 aromatic carbocycles. The molecule has 0 saturated heterocycles. The number of aliphatic hydroxyl groups excluding tert-OH is 2. The molecule has 0 aliphatic carbocycles. The Balaban J connectivity index is 3.39. The third-order valence-corrected chi connectivity index (χ3v) is 15.7. The second-order valence-electron chi connectivity index (χ2n) is 22.9. The highest BCUT2D eigenvalue weighted by Crippen LogP contribution is 2.19. The maximum Gasteiger partial charge on any atom is 0.220 e. The number of allylic oxidation sites excluding steroid dienone is 3. The molecule has 71 heavy (non-hydrogen) atoms. The SMILES string of the molecule is CCCCCCCCCCCCCCCC/C=C/CC/C=C/C(O)C(CO)NC(=O)CCCCCCCCCCCCCCCCCCCCCCCCCCCCCCCCCCCCCCCCC. The molecule has 0 aromatic heterocycles. The molecule has 4 nitrogen and oxygen atoms in total. The number of hydrogen-bond donors (Lipinski definition) is 3. The molecule has 422 valence electrons. The van der Waals surface area contributed by atoms with Crippen molar-refractivity contribution in [3.8, 4) is 0 Å². The van der Waals surface area contributed by atoms with E-state index in [1.165, 1.54) is 327 Å². The predicted octanol–water partition coefficient (Wildman–Crippen LogP) is 22.2. The largest absolute Gasteiger partial charge is 0.394 e. The third kappa shape index (κ3) is 59.6. The van der Waals surface area contributed by atoms with Crippen molar-refractivity contribution in [2.45, 2.75) is 392 Å². The van der Waals surface area contributed by atoms with Crippen LogP contribution >= 0.6 is 0 Å². The van der Waals surface area contributed by atoms with E-state index >= 15 is 0 Å². The highest BCUT2D eigenvalue weighted by molar-refractivity contribution is 5.76. The van der Waals surface area contributed by atoms with Crippen molar-refractivity contribution in [3.63, 3.8) is 0 Å². The van der Waals surface area contributed by atoms with Crippen LogP contribution in [-0.2, 0) is 4.79 Å². The van der Waals surface area contributed by atoms with Crippen molar-refractivity contribution in [2.75, 3.05) is 6.61 Å². The fourth-order valence-electron chi connectivity index (χ4n) is 10.7. The molecule has 0 bridgehead atoms. The molecule has 0 rings (SSSR count). The predicted molar refractivity (Wildman–Crippen MR) is 318 cm³/mol. The minimum absolute atomic E-state index is 0.0653. The molecule has 2 atom stereocenters. The Morgan fingerprint density at radius 1 is 0.324 bits per heavy atom. The monoisotopic (exact) mass is 998 g/mol. The summed E-state index contributed by atoms with van der Waals surface area (Å²) in [5.74, 6) is -0.0653. The molecule has 0 radical (unpaired) electrons. The van der Waals surface area contributed by atoms with Gasteiger partial charge in [0.05, 0.1) is 18.8 Å². The van der Waals surface area contributed by atoms with Gasteiger partial charge in [0.1, 0.15) is 0 Å². The fraction of sp³-hybridized carbons (Fsp3) is 0.925. The summed E-state index contributed by atoms with van der Waals surface area (Å²) in [4.78, 5) is 12.5. The number of nitrogens with one attached hydrogen (secondary N) is 1. The van der Waals surface area contributed by atoms with Crippen LogP contribution in [0.2, 0.25) is 0 Å². The molecule has 0 spiro atoms. The van der Waals surface area contributed by atoms with Gasteiger partial charge < -0.3 is 15.5 Å². The van der Waals surface area contributed by atoms with E-state index in [9.17, 15) is 15.0 Å². The summed E-state index contributed by atoms with van der Waals surface area (Å²) in [6.07, 6.45) is 85.5. The van der Waals surface area contributed by atoms with Crippen molar-refractivity contribution in [1.29, 1.82) is 0 Å². The normalized spacial score (nSPS) is 12.8. The Morgan fingerprint density at radius 2 is 0.549 bits per heavy atom. The van der Waals surface area contributed by atoms with E-state index in [0.717, 1.165) is 32.1 Å². The van der Waals surface area contributed by atoms with E-state index in [4.69, 9.17) is 0 Å². The van der Waals surface area contributed by atoms with Gasteiger partial charge in [0.15, 0.2) is 0 Å². The standard InChI is InChI=1S/C67H131NO3/c1-3-5-7-9-11-13-15-17-19-21-23-25-26-27-28-29-30-31-32-33-34-35-36-37-38-39-40-41-42-43-45-47-49-51-53-55-57-59-61-63-67(71)68-65(64-69)66(70)62-60-58-56-54-52-50-48-46-44-24-22-20-18-16-14-12-10-8-6-4-2/h52,54,60,62,65-66,69-70H,3-51,53,55-59,61,63-64H2,1-2H3,(H,68,71)/b54-52+,62-60+. The van der Waals surface area contributed by atoms with E-state index in [-0.39, 0.29) is 12.5 Å². The first-order chi connectivity index (χ1) is 35.2. The molecule has 0 aliphatic heterocycles. The Hall–Kier alpha value is -1.13. The molecule has 3 N–H and O–H groups in total. The van der Waals surface area contributed by atoms with Gasteiger partial charge in [-0.05, 0) is 32.1 Å². The molecule has 4 heteroatoms. The Labute approximate surface area is 447 Å². The topological polar surface area (TPSA) is 69.6 Å². The van der Waals surface area contributed by atoms with Crippen LogP contribution < -0.4 is 5.32 Å². The zero-order valence-corrected chi connectivity index (χ0v) is 48.8. The van der Waals surface area contributed by atoms with Gasteiger partial charge in [0.25, 0.3) is 0 Å². The Kier molecular flexibility index (Phi) is 62.2. The second-order valence-corrected chi connectivity index (χ2v) is 22.9. The first-order valence-corrected chi connectivity index (χ1v) is 33.1. The average molecular weight is 999 g/mol. The van der Waals surface area contributed by atoms with Gasteiger partial charge in [-0.3, -0.25) is 4.79 Å². The molecular weight excluding hydrogens is 867 g/mol. The molecule has 2 unspecified atom stereocenters. The maximum absolute atomic E-state index is 12.5. The summed E-state index contributed by atoms with van der Waals surface area (Å²) in [6, 6.07) is -0.637. The van der Waals surface area contributed by atoms with E-state index in [1.54, 1.807) is 6.08 Å². The first-order valence-electron chi connectivity index (χ1n) is 33.1. The summed E-state index contributed by atoms with van der Waals surface area (Å²) in [5, 5.41) is 23.2. The van der Waals surface area contributed by atoms with Crippen LogP contribution in [0.3, 0.4) is 0 Å². The highest BCUT2D eigenvalue weighted by atomic mass is 16.3. The van der Waals surface area contributed by atoms with E-state index < -0.39 is 12.1 Å². The minimum Gasteiger partial charge on any atom is -0.394 e. The number of unbranched alkanes of at least 4 members (excludes halogenated alkanes) is 53. The van der Waals surface area contributed by atoms with Crippen LogP contribution in [0.4, 0.5) is 0 Å². The minimum atomic E-state index is -0.860. The Morgan fingerprint density at radius 3 is 0.817 bits per heavy atom. The van der Waals surface area contributed by atoms with Gasteiger partial charge in [-0.25, -0.2) is 0 Å². The summed E-state index contributed by atoms with van der Waals surface area (Å²) < 4.78 is 0. The molecule has 0 saturated carbocycles. The smallest absolute Gasteiger partial charge is 0.220 e. The average Bonchev–Trinajstić information content (AvgIpc) is 3.37. The maximum atomic E-state index is 12.5. The van der Waals surface area contributed by atoms with Gasteiger partial charge in [0.2, 0.25) is 5.91 Å². The fourth-order valence-corrected chi connectivity index (χ4v) is 10.7. The molecule has 0 aliphatic rings. The van der Waals surface area contributed by atoms with Crippen molar-refractivity contribution in [2.24, 2.45) is 0 Å². The van der Waals surface area contributed by atoms with E-state index in [2.05, 4.69) is 31.3 Å². The van der Waals surface area contributed by atoms with Crippen molar-refractivity contribution in [3.05, 3.63) is 24.3 Å². The zero-order chi connectivity index (χ0) is 51.3. The number of hydrogen-bond acceptors (Lipinski definition) is 3. The van der Waals surface area contributed by atoms with Crippen LogP contribution in [0.5, 0.6) is 0 Å². The zero-order valence-electron chi connectivity index (χ0n) is 48.8. The molecular formula is C67H131NO3. The highest BCUT2D eigenvalue weighted by Gasteiger charge is 2.18. The van der Waals surface area contributed by atoms with Crippen molar-refractivity contribution >= 4 is 5.91 Å². The van der Waals surface area contributed by atoms with Gasteiger partial charge in [-0.15, -0.1) is 0 Å². The van der Waals surface area contributed by atoms with Gasteiger partial charge in [0, 0.05) is 6.42 Å². The lowest BCUT2D eigenvalue weighted by molar-refractivity contribution is -0.123. The number of amides is 1. The van der Waals surface area contributed by atoms with Crippen LogP contribution in [0, 0.1) is 0 Å². The molecule has 0 heterocycles. The molecule has 0 fully saturated rings. The van der Waals surface area contributed by atoms with Crippen LogP contribution in [-0.4, -0.2) is 34.9 Å². The molecule has 1 amide bonds. The van der Waals surface area contributed by atoms with Crippen LogP contribution in [0.1, 0.15) is 380 Å². The van der Waals surface area contributed by atoms with Crippen molar-refractivity contribution in [1.82, 2.24) is 5.32 Å². The van der Waals surface area contributed by atoms with Crippen LogP contribution in [0.25, 0.3) is 0 Å². The van der Waals surface area contributed by atoms with Crippen LogP contribution in [0.15, 0.2) is 24.3 Å². The first kappa shape index (κ1) is 69.9. The van der Waals surface area contributed by atoms with Crippen molar-refractivity contribution < 1.29 is 15.0 Å². The van der Waals surface area contributed by atoms with E-state index in [0.29, 0.717) is 6.42 Å². The summed E-state index contributed by atoms with van der Waals surface area (Å²) >= 11 is 0. The summed E-state index contributed by atoms with van der Waals surface area (Å²) in [5.41, 5.74) is 0. The van der Waals surface area contributed by atoms with Gasteiger partial charge in [-0.1, -0.05) is 366 Å². The molecule has 0 aromatic rings. The number of carbonyl (C=O) groups is 1. The lowest BCUT2D eigenvalue weighted by Crippen LogP contribution is -2.45. The second kappa shape index (κ2) is 63.2. The third-order valence-electron chi connectivity index (χ3n) is 15.7. The lowest BCUT2D eigenvalue weighted by atomic mass is 10.0. The number of carbonyl (C=O) groups excluding carboxylic acids is 1.